The van der Waals surface area contributed by atoms with Crippen molar-refractivity contribution in [3.8, 4) is 5.75 Å². The van der Waals surface area contributed by atoms with Gasteiger partial charge < -0.3 is 25.4 Å². The van der Waals surface area contributed by atoms with Gasteiger partial charge in [0.1, 0.15) is 5.75 Å². The Labute approximate surface area is 190 Å². The highest BCUT2D eigenvalue weighted by Crippen LogP contribution is 2.20. The monoisotopic (exact) mass is 510 g/mol. The van der Waals surface area contributed by atoms with E-state index in [2.05, 4.69) is 44.8 Å². The van der Waals surface area contributed by atoms with Gasteiger partial charge in [-0.3, -0.25) is 4.99 Å². The number of hydrogen-bond acceptors (Lipinski definition) is 4. The first-order valence-electron chi connectivity index (χ1n) is 9.86. The first-order chi connectivity index (χ1) is 13.7. The van der Waals surface area contributed by atoms with Crippen molar-refractivity contribution in [3.05, 3.63) is 60.2 Å². The molecule has 1 heterocycles. The van der Waals surface area contributed by atoms with E-state index >= 15 is 0 Å². The molecule has 29 heavy (non-hydrogen) atoms. The number of aliphatic hydroxyl groups is 1. The maximum atomic E-state index is 10.5. The Morgan fingerprint density at radius 2 is 2.03 bits per heavy atom. The highest BCUT2D eigenvalue weighted by atomic mass is 127. The molecule has 0 saturated carbocycles. The average Bonchev–Trinajstić information content (AvgIpc) is 3.21. The van der Waals surface area contributed by atoms with Gasteiger partial charge in [0, 0.05) is 31.4 Å². The molecule has 0 spiro atoms. The quantitative estimate of drug-likeness (QED) is 0.304. The third-order valence-electron chi connectivity index (χ3n) is 4.90. The molecule has 0 aromatic heterocycles. The molecule has 1 aliphatic heterocycles. The van der Waals surface area contributed by atoms with Crippen LogP contribution in [0.1, 0.15) is 25.0 Å². The zero-order valence-electron chi connectivity index (χ0n) is 17.0. The van der Waals surface area contributed by atoms with Crippen LogP contribution in [0.2, 0.25) is 0 Å². The van der Waals surface area contributed by atoms with Gasteiger partial charge in [-0.05, 0) is 43.2 Å². The van der Waals surface area contributed by atoms with Gasteiger partial charge in [-0.2, -0.15) is 0 Å². The topological polar surface area (TPSA) is 69.1 Å². The maximum absolute atomic E-state index is 10.5. The second kappa shape index (κ2) is 11.9. The van der Waals surface area contributed by atoms with E-state index in [9.17, 15) is 5.11 Å². The van der Waals surface area contributed by atoms with E-state index in [0.29, 0.717) is 6.04 Å². The summed E-state index contributed by atoms with van der Waals surface area (Å²) in [4.78, 5) is 6.97. The third kappa shape index (κ3) is 6.78. The number of aliphatic imine (C=N–C) groups is 1. The van der Waals surface area contributed by atoms with E-state index in [4.69, 9.17) is 4.74 Å². The van der Waals surface area contributed by atoms with E-state index in [-0.39, 0.29) is 30.5 Å². The zero-order chi connectivity index (χ0) is 19.8. The fraction of sp³-hybridized carbons (Fsp3) is 0.409. The van der Waals surface area contributed by atoms with Gasteiger partial charge >= 0.3 is 0 Å². The van der Waals surface area contributed by atoms with Crippen LogP contribution in [-0.4, -0.2) is 50.4 Å². The summed E-state index contributed by atoms with van der Waals surface area (Å²) in [6.07, 6.45) is 0.382. The summed E-state index contributed by atoms with van der Waals surface area (Å²) in [5.41, 5.74) is 2.05. The summed E-state index contributed by atoms with van der Waals surface area (Å²) in [6.45, 7) is 5.06. The normalized spacial score (nSPS) is 17.4. The average molecular weight is 510 g/mol. The van der Waals surface area contributed by atoms with Crippen molar-refractivity contribution in [3.63, 3.8) is 0 Å². The summed E-state index contributed by atoms with van der Waals surface area (Å²) in [7, 11) is 1.62. The highest BCUT2D eigenvalue weighted by molar-refractivity contribution is 14.0. The minimum absolute atomic E-state index is 0. The number of methoxy groups -OCH3 is 1. The van der Waals surface area contributed by atoms with Crippen LogP contribution in [0.4, 0.5) is 5.69 Å². The van der Waals surface area contributed by atoms with Gasteiger partial charge in [0.25, 0.3) is 0 Å². The van der Waals surface area contributed by atoms with Crippen molar-refractivity contribution in [1.82, 2.24) is 10.6 Å². The van der Waals surface area contributed by atoms with Crippen molar-refractivity contribution >= 4 is 35.6 Å². The molecule has 7 heteroatoms. The van der Waals surface area contributed by atoms with Gasteiger partial charge in [0.15, 0.2) is 5.96 Å². The molecule has 1 aliphatic rings. The van der Waals surface area contributed by atoms with Crippen molar-refractivity contribution in [2.45, 2.75) is 25.5 Å². The lowest BCUT2D eigenvalue weighted by atomic mass is 10.1. The minimum Gasteiger partial charge on any atom is -0.497 e. The van der Waals surface area contributed by atoms with Gasteiger partial charge in [-0.15, -0.1) is 24.0 Å². The van der Waals surface area contributed by atoms with E-state index in [1.807, 2.05) is 37.3 Å². The standard InChI is InChI=1S/C22H30N4O2.HI/c1-3-23-22(24-15-21(27)17-8-7-11-20(14-17)28-2)25-18-12-13-26(16-18)19-9-5-4-6-10-19;/h4-11,14,18,21,27H,3,12-13,15-16H2,1-2H3,(H2,23,24,25);1H. The molecular weight excluding hydrogens is 479 g/mol. The van der Waals surface area contributed by atoms with Crippen molar-refractivity contribution in [2.24, 2.45) is 4.99 Å². The number of halogens is 1. The van der Waals surface area contributed by atoms with Crippen LogP contribution in [0.25, 0.3) is 0 Å². The van der Waals surface area contributed by atoms with Crippen LogP contribution in [0, 0.1) is 0 Å². The third-order valence-corrected chi connectivity index (χ3v) is 4.90. The van der Waals surface area contributed by atoms with Gasteiger partial charge in [-0.25, -0.2) is 0 Å². The number of benzene rings is 2. The van der Waals surface area contributed by atoms with E-state index in [1.165, 1.54) is 5.69 Å². The maximum Gasteiger partial charge on any atom is 0.191 e. The second-order valence-electron chi connectivity index (χ2n) is 6.92. The largest absolute Gasteiger partial charge is 0.497 e. The fourth-order valence-electron chi connectivity index (χ4n) is 3.40. The molecule has 0 amide bonds. The molecule has 158 valence electrons. The first kappa shape index (κ1) is 23.3. The smallest absolute Gasteiger partial charge is 0.191 e. The summed E-state index contributed by atoms with van der Waals surface area (Å²) >= 11 is 0. The summed E-state index contributed by atoms with van der Waals surface area (Å²) in [6, 6.07) is 18.3. The zero-order valence-corrected chi connectivity index (χ0v) is 19.4. The number of guanidine groups is 1. The van der Waals surface area contributed by atoms with Crippen LogP contribution in [-0.2, 0) is 0 Å². The van der Waals surface area contributed by atoms with Crippen molar-refractivity contribution in [2.75, 3.05) is 38.2 Å². The minimum atomic E-state index is -0.671. The lowest BCUT2D eigenvalue weighted by Crippen LogP contribution is -2.44. The lowest BCUT2D eigenvalue weighted by molar-refractivity contribution is 0.186. The molecule has 1 fully saturated rings. The Bertz CT molecular complexity index is 772. The van der Waals surface area contributed by atoms with Gasteiger partial charge in [0.05, 0.1) is 19.8 Å². The molecule has 0 bridgehead atoms. The summed E-state index contributed by atoms with van der Waals surface area (Å²) < 4.78 is 5.23. The lowest BCUT2D eigenvalue weighted by Gasteiger charge is -2.20. The van der Waals surface area contributed by atoms with E-state index < -0.39 is 6.10 Å². The molecule has 2 unspecified atom stereocenters. The SMILES string of the molecule is CCNC(=NCC(O)c1cccc(OC)c1)NC1CCN(c2ccccc2)C1.I. The Hall–Kier alpha value is -2.00. The number of anilines is 1. The molecule has 2 aromatic carbocycles. The molecule has 2 atom stereocenters. The highest BCUT2D eigenvalue weighted by Gasteiger charge is 2.23. The van der Waals surface area contributed by atoms with Crippen LogP contribution < -0.4 is 20.3 Å². The Morgan fingerprint density at radius 3 is 2.76 bits per heavy atom. The molecule has 3 rings (SSSR count). The Kier molecular flexibility index (Phi) is 9.53. The van der Waals surface area contributed by atoms with Crippen LogP contribution >= 0.6 is 24.0 Å². The Morgan fingerprint density at radius 1 is 1.24 bits per heavy atom. The first-order valence-corrected chi connectivity index (χ1v) is 9.86. The van der Waals surface area contributed by atoms with Gasteiger partial charge in [-0.1, -0.05) is 30.3 Å². The molecule has 3 N–H and O–H groups in total. The van der Waals surface area contributed by atoms with Crippen molar-refractivity contribution < 1.29 is 9.84 Å². The second-order valence-corrected chi connectivity index (χ2v) is 6.92. The molecule has 6 nitrogen and oxygen atoms in total. The van der Waals surface area contributed by atoms with E-state index in [1.54, 1.807) is 7.11 Å². The molecule has 2 aromatic rings. The van der Waals surface area contributed by atoms with Crippen LogP contribution in [0.5, 0.6) is 5.75 Å². The number of nitrogens with one attached hydrogen (secondary N) is 2. The Balaban J connectivity index is 0.00000300. The predicted octanol–water partition coefficient (Wildman–Crippen LogP) is 3.18. The summed E-state index contributed by atoms with van der Waals surface area (Å²) in [5.74, 6) is 1.47. The summed E-state index contributed by atoms with van der Waals surface area (Å²) in [5, 5.41) is 17.3. The van der Waals surface area contributed by atoms with Gasteiger partial charge in [0.2, 0.25) is 0 Å². The fourth-order valence-corrected chi connectivity index (χ4v) is 3.40. The molecule has 1 saturated heterocycles. The van der Waals surface area contributed by atoms with Crippen molar-refractivity contribution in [1.29, 1.82) is 0 Å². The predicted molar refractivity (Wildman–Crippen MR) is 130 cm³/mol. The van der Waals surface area contributed by atoms with E-state index in [0.717, 1.165) is 43.3 Å². The van der Waals surface area contributed by atoms with Crippen LogP contribution in [0.15, 0.2) is 59.6 Å². The number of nitrogens with zero attached hydrogens (tertiary/aromatic N) is 2. The molecule has 0 aliphatic carbocycles. The number of rotatable bonds is 7. The number of hydrogen-bond donors (Lipinski definition) is 3. The molecular formula is C22H31IN4O2. The number of ether oxygens (including phenoxy) is 1. The molecule has 0 radical (unpaired) electrons. The number of aliphatic hydroxyl groups excluding tert-OH is 1. The number of para-hydroxylation sites is 1. The van der Waals surface area contributed by atoms with Crippen LogP contribution in [0.3, 0.4) is 0 Å².